The Labute approximate surface area is 230 Å². The van der Waals surface area contributed by atoms with Crippen LogP contribution in [-0.2, 0) is 22.2 Å². The first-order valence-corrected chi connectivity index (χ1v) is 13.8. The molecule has 198 valence electrons. The molecule has 1 saturated carbocycles. The average Bonchev–Trinajstić information content (AvgIpc) is 3.47. The van der Waals surface area contributed by atoms with Gasteiger partial charge in [-0.1, -0.05) is 109 Å². The van der Waals surface area contributed by atoms with E-state index >= 15 is 0 Å². The lowest BCUT2D eigenvalue weighted by molar-refractivity contribution is -0.130. The van der Waals surface area contributed by atoms with E-state index in [0.29, 0.717) is 31.7 Å². The molecule has 1 saturated heterocycles. The van der Waals surface area contributed by atoms with Crippen molar-refractivity contribution in [2.45, 2.75) is 30.3 Å². The Bertz CT molecular complexity index is 1380. The zero-order valence-corrected chi connectivity index (χ0v) is 22.4. The number of benzene rings is 4. The summed E-state index contributed by atoms with van der Waals surface area (Å²) in [6.45, 7) is 1.10. The van der Waals surface area contributed by atoms with Crippen LogP contribution in [-0.4, -0.2) is 36.1 Å². The number of para-hydroxylation sites is 1. The molecule has 1 unspecified atom stereocenters. The van der Waals surface area contributed by atoms with Gasteiger partial charge in [0.25, 0.3) is 0 Å². The van der Waals surface area contributed by atoms with Gasteiger partial charge in [-0.3, -0.25) is 4.79 Å². The molecule has 0 aromatic heterocycles. The van der Waals surface area contributed by atoms with Gasteiger partial charge < -0.3 is 14.7 Å². The third kappa shape index (κ3) is 4.33. The molecule has 39 heavy (non-hydrogen) atoms. The Morgan fingerprint density at radius 3 is 1.92 bits per heavy atom. The maximum Gasteiger partial charge on any atom is 0.227 e. The number of hydrogen-bond acceptors (Lipinski definition) is 3. The van der Waals surface area contributed by atoms with Crippen molar-refractivity contribution < 1.29 is 14.6 Å². The number of aliphatic hydroxyl groups is 1. The number of rotatable bonds is 6. The number of hydrogen-bond donors (Lipinski definition) is 1. The minimum atomic E-state index is -1.12. The minimum absolute atomic E-state index is 0.0192. The predicted octanol–water partition coefficient (Wildman–Crippen LogP) is 5.98. The SMILES string of the molecule is COc1ccccc1C1(O)CCC(c2ccccc2)(c2ccccc2)[C@H]2CN(C(=O)Cc3ccccc3)C[C@H]21. The minimum Gasteiger partial charge on any atom is -0.496 e. The van der Waals surface area contributed by atoms with Crippen LogP contribution in [0.3, 0.4) is 0 Å². The first kappa shape index (κ1) is 25.4. The van der Waals surface area contributed by atoms with Crippen molar-refractivity contribution in [3.8, 4) is 5.75 Å². The number of carbonyl (C=O) groups is 1. The van der Waals surface area contributed by atoms with E-state index in [1.165, 1.54) is 11.1 Å². The Morgan fingerprint density at radius 1 is 0.769 bits per heavy atom. The number of carbonyl (C=O) groups excluding carboxylic acids is 1. The lowest BCUT2D eigenvalue weighted by atomic mass is 9.52. The lowest BCUT2D eigenvalue weighted by Gasteiger charge is -2.53. The van der Waals surface area contributed by atoms with Crippen LogP contribution in [0.15, 0.2) is 115 Å². The van der Waals surface area contributed by atoms with E-state index in [1.54, 1.807) is 7.11 Å². The molecule has 6 rings (SSSR count). The van der Waals surface area contributed by atoms with Gasteiger partial charge in [0.05, 0.1) is 19.1 Å². The molecule has 0 radical (unpaired) electrons. The Hall–Kier alpha value is -3.89. The molecule has 0 bridgehead atoms. The summed E-state index contributed by atoms with van der Waals surface area (Å²) in [7, 11) is 1.66. The quantitative estimate of drug-likeness (QED) is 0.342. The summed E-state index contributed by atoms with van der Waals surface area (Å²) in [5.74, 6) is 0.654. The number of likely N-dealkylation sites (tertiary alicyclic amines) is 1. The summed E-state index contributed by atoms with van der Waals surface area (Å²) in [5.41, 5.74) is 2.86. The van der Waals surface area contributed by atoms with Crippen LogP contribution in [0.25, 0.3) is 0 Å². The molecule has 4 heteroatoms. The molecule has 0 spiro atoms. The molecule has 1 N–H and O–H groups in total. The van der Waals surface area contributed by atoms with Gasteiger partial charge in [-0.05, 0) is 41.5 Å². The molecular formula is C35H35NO3. The maximum atomic E-state index is 13.7. The van der Waals surface area contributed by atoms with E-state index in [1.807, 2.05) is 59.5 Å². The molecule has 4 aromatic carbocycles. The summed E-state index contributed by atoms with van der Waals surface area (Å²) >= 11 is 0. The van der Waals surface area contributed by atoms with Crippen LogP contribution in [0.1, 0.15) is 35.1 Å². The monoisotopic (exact) mass is 517 g/mol. The number of ether oxygens (including phenoxy) is 1. The van der Waals surface area contributed by atoms with Gasteiger partial charge >= 0.3 is 0 Å². The number of fused-ring (bicyclic) bond motifs is 1. The topological polar surface area (TPSA) is 49.8 Å². The maximum absolute atomic E-state index is 13.7. The van der Waals surface area contributed by atoms with Gasteiger partial charge in [0, 0.05) is 30.0 Å². The fourth-order valence-electron chi connectivity index (χ4n) is 7.32. The standard InChI is InChI=1S/C35H35NO3/c1-39-32-20-12-11-19-29(32)35(38)22-21-34(27-15-7-3-8-16-27,28-17-9-4-10-18-28)30-24-36(25-31(30)35)33(37)23-26-13-5-2-6-14-26/h2-20,30-31,38H,21-25H2,1H3/t30-,31+,35?/m0/s1. The molecule has 1 aliphatic heterocycles. The van der Waals surface area contributed by atoms with Gasteiger partial charge in [0.1, 0.15) is 5.75 Å². The zero-order chi connectivity index (χ0) is 26.9. The first-order valence-electron chi connectivity index (χ1n) is 13.8. The number of methoxy groups -OCH3 is 1. The molecule has 1 aliphatic carbocycles. The third-order valence-corrected chi connectivity index (χ3v) is 9.17. The molecule has 2 fully saturated rings. The lowest BCUT2D eigenvalue weighted by Crippen LogP contribution is -2.53. The van der Waals surface area contributed by atoms with Crippen molar-refractivity contribution >= 4 is 5.91 Å². The Kier molecular flexibility index (Phi) is 6.74. The van der Waals surface area contributed by atoms with Crippen LogP contribution >= 0.6 is 0 Å². The van der Waals surface area contributed by atoms with Gasteiger partial charge in [-0.2, -0.15) is 0 Å². The summed E-state index contributed by atoms with van der Waals surface area (Å²) in [6.07, 6.45) is 1.69. The second-order valence-corrected chi connectivity index (χ2v) is 11.0. The van der Waals surface area contributed by atoms with Gasteiger partial charge in [0.15, 0.2) is 0 Å². The highest BCUT2D eigenvalue weighted by Crippen LogP contribution is 2.60. The smallest absolute Gasteiger partial charge is 0.227 e. The third-order valence-electron chi connectivity index (χ3n) is 9.17. The predicted molar refractivity (Wildman–Crippen MR) is 153 cm³/mol. The van der Waals surface area contributed by atoms with Crippen molar-refractivity contribution in [3.63, 3.8) is 0 Å². The summed E-state index contributed by atoms with van der Waals surface area (Å²) in [5, 5.41) is 12.6. The van der Waals surface area contributed by atoms with E-state index in [9.17, 15) is 9.90 Å². The van der Waals surface area contributed by atoms with Crippen LogP contribution in [0.5, 0.6) is 5.75 Å². The largest absolute Gasteiger partial charge is 0.496 e. The van der Waals surface area contributed by atoms with E-state index < -0.39 is 5.60 Å². The molecule has 1 heterocycles. The van der Waals surface area contributed by atoms with Crippen molar-refractivity contribution in [3.05, 3.63) is 138 Å². The normalized spacial score (nSPS) is 23.7. The molecule has 2 aliphatic rings. The highest BCUT2D eigenvalue weighted by Gasteiger charge is 2.61. The van der Waals surface area contributed by atoms with Crippen molar-refractivity contribution in [2.24, 2.45) is 11.8 Å². The van der Waals surface area contributed by atoms with E-state index in [4.69, 9.17) is 4.74 Å². The molecule has 4 nitrogen and oxygen atoms in total. The molecule has 4 aromatic rings. The van der Waals surface area contributed by atoms with Gasteiger partial charge in [0.2, 0.25) is 5.91 Å². The zero-order valence-electron chi connectivity index (χ0n) is 22.4. The summed E-state index contributed by atoms with van der Waals surface area (Å²) in [6, 6.07) is 39.1. The highest BCUT2D eigenvalue weighted by molar-refractivity contribution is 5.79. The second kappa shape index (κ2) is 10.3. The van der Waals surface area contributed by atoms with Gasteiger partial charge in [-0.15, -0.1) is 0 Å². The fraction of sp³-hybridized carbons (Fsp3) is 0.286. The van der Waals surface area contributed by atoms with Gasteiger partial charge in [-0.25, -0.2) is 0 Å². The van der Waals surface area contributed by atoms with Crippen LogP contribution in [0.4, 0.5) is 0 Å². The summed E-state index contributed by atoms with van der Waals surface area (Å²) in [4.78, 5) is 15.7. The second-order valence-electron chi connectivity index (χ2n) is 11.0. The highest BCUT2D eigenvalue weighted by atomic mass is 16.5. The first-order chi connectivity index (χ1) is 19.1. The van der Waals surface area contributed by atoms with Crippen LogP contribution in [0, 0.1) is 11.8 Å². The Morgan fingerprint density at radius 2 is 1.31 bits per heavy atom. The Balaban J connectivity index is 1.48. The van der Waals surface area contributed by atoms with Crippen molar-refractivity contribution in [2.75, 3.05) is 20.2 Å². The average molecular weight is 518 g/mol. The van der Waals surface area contributed by atoms with E-state index in [-0.39, 0.29) is 23.2 Å². The molecular weight excluding hydrogens is 482 g/mol. The molecule has 1 amide bonds. The van der Waals surface area contributed by atoms with E-state index in [2.05, 4.69) is 60.7 Å². The van der Waals surface area contributed by atoms with Crippen LogP contribution < -0.4 is 4.74 Å². The number of nitrogens with zero attached hydrogens (tertiary/aromatic N) is 1. The summed E-state index contributed by atoms with van der Waals surface area (Å²) < 4.78 is 5.75. The number of amides is 1. The van der Waals surface area contributed by atoms with Crippen LogP contribution in [0.2, 0.25) is 0 Å². The molecule has 3 atom stereocenters. The fourth-order valence-corrected chi connectivity index (χ4v) is 7.32. The van der Waals surface area contributed by atoms with Crippen molar-refractivity contribution in [1.29, 1.82) is 0 Å². The van der Waals surface area contributed by atoms with Crippen molar-refractivity contribution in [1.82, 2.24) is 4.90 Å². The van der Waals surface area contributed by atoms with E-state index in [0.717, 1.165) is 17.5 Å².